The van der Waals surface area contributed by atoms with Crippen LogP contribution in [0, 0.1) is 12.8 Å². The van der Waals surface area contributed by atoms with E-state index in [0.717, 1.165) is 22.8 Å². The van der Waals surface area contributed by atoms with E-state index >= 15 is 0 Å². The lowest BCUT2D eigenvalue weighted by molar-refractivity contribution is -0.110. The molecule has 0 radical (unpaired) electrons. The number of Topliss-reactive ketones (excluding diaryl/α,β-unsaturated/α-hetero) is 1. The fraction of sp³-hybridized carbons (Fsp3) is 0.375. The minimum absolute atomic E-state index is 0.144. The fourth-order valence-corrected chi connectivity index (χ4v) is 3.04. The van der Waals surface area contributed by atoms with Gasteiger partial charge in [-0.1, -0.05) is 6.92 Å². The number of benzene rings is 1. The number of aldehydes is 1. The molecule has 4 nitrogen and oxygen atoms in total. The van der Waals surface area contributed by atoms with Crippen molar-refractivity contribution in [3.8, 4) is 5.75 Å². The first kappa shape index (κ1) is 12.9. The average Bonchev–Trinajstić information content (AvgIpc) is 2.82. The Labute approximate surface area is 116 Å². The van der Waals surface area contributed by atoms with Crippen LogP contribution in [0.1, 0.15) is 40.7 Å². The second-order valence-corrected chi connectivity index (χ2v) is 5.41. The second kappa shape index (κ2) is 4.47. The molecule has 0 amide bonds. The van der Waals surface area contributed by atoms with Gasteiger partial charge in [0.25, 0.3) is 0 Å². The molecule has 0 saturated carbocycles. The molecule has 2 atom stereocenters. The number of hydrogen-bond donors (Lipinski definition) is 0. The summed E-state index contributed by atoms with van der Waals surface area (Å²) in [7, 11) is 1.52. The first-order chi connectivity index (χ1) is 9.58. The predicted molar refractivity (Wildman–Crippen MR) is 74.4 cm³/mol. The minimum atomic E-state index is -0.583. The third-order valence-corrected chi connectivity index (χ3v) is 4.13. The lowest BCUT2D eigenvalue weighted by atomic mass is 9.76. The zero-order chi connectivity index (χ0) is 14.4. The molecular formula is C16H16O4. The molecule has 0 aliphatic heterocycles. The van der Waals surface area contributed by atoms with E-state index in [2.05, 4.69) is 0 Å². The number of rotatable bonds is 2. The highest BCUT2D eigenvalue weighted by Crippen LogP contribution is 2.43. The van der Waals surface area contributed by atoms with Crippen molar-refractivity contribution in [1.29, 1.82) is 0 Å². The number of fused-ring (bicyclic) bond motifs is 2. The Morgan fingerprint density at radius 1 is 1.45 bits per heavy atom. The normalized spacial score (nSPS) is 21.9. The van der Waals surface area contributed by atoms with Gasteiger partial charge in [0, 0.05) is 5.39 Å². The first-order valence-corrected chi connectivity index (χ1v) is 6.66. The number of carbonyl (C=O) groups excluding carboxylic acids is 2. The molecule has 1 heterocycles. The molecule has 0 spiro atoms. The number of ether oxygens (including phenoxy) is 1. The minimum Gasteiger partial charge on any atom is -0.492 e. The van der Waals surface area contributed by atoms with E-state index in [0.29, 0.717) is 23.3 Å². The SMILES string of the molecule is COc1c2c(cc3c(C)coc13)[C@@H](C)C[C@H](C=O)C2=O. The molecule has 2 aromatic rings. The Kier molecular flexibility index (Phi) is 2.89. The Morgan fingerprint density at radius 2 is 2.20 bits per heavy atom. The van der Waals surface area contributed by atoms with Crippen LogP contribution in [-0.4, -0.2) is 19.2 Å². The standard InChI is InChI=1S/C16H16O4/c1-8-4-10(6-17)14(18)13-11(8)5-12-9(2)7-20-15(12)16(13)19-3/h5-8,10H,4H2,1-3H3/t8-,10+/m0/s1. The third-order valence-electron chi connectivity index (χ3n) is 4.13. The summed E-state index contributed by atoms with van der Waals surface area (Å²) in [5, 5.41) is 0.963. The Balaban J connectivity index is 2.38. The highest BCUT2D eigenvalue weighted by molar-refractivity contribution is 6.12. The van der Waals surface area contributed by atoms with Crippen LogP contribution < -0.4 is 4.74 Å². The molecule has 1 aromatic carbocycles. The van der Waals surface area contributed by atoms with Crippen molar-refractivity contribution in [2.24, 2.45) is 5.92 Å². The van der Waals surface area contributed by atoms with Crippen LogP contribution in [0.4, 0.5) is 0 Å². The zero-order valence-corrected chi connectivity index (χ0v) is 11.7. The number of furan rings is 1. The van der Waals surface area contributed by atoms with Gasteiger partial charge in [-0.2, -0.15) is 0 Å². The zero-order valence-electron chi connectivity index (χ0n) is 11.7. The summed E-state index contributed by atoms with van der Waals surface area (Å²) in [5.41, 5.74) is 3.04. The number of methoxy groups -OCH3 is 1. The predicted octanol–water partition coefficient (Wildman–Crippen LogP) is 3.25. The summed E-state index contributed by atoms with van der Waals surface area (Å²) in [6, 6.07) is 2.00. The van der Waals surface area contributed by atoms with Crippen molar-refractivity contribution in [2.45, 2.75) is 26.2 Å². The van der Waals surface area contributed by atoms with Crippen LogP contribution in [-0.2, 0) is 4.79 Å². The molecule has 0 N–H and O–H groups in total. The summed E-state index contributed by atoms with van der Waals surface area (Å²) in [5.74, 6) is -0.152. The smallest absolute Gasteiger partial charge is 0.177 e. The van der Waals surface area contributed by atoms with Gasteiger partial charge in [0.05, 0.1) is 24.9 Å². The molecule has 104 valence electrons. The second-order valence-electron chi connectivity index (χ2n) is 5.41. The van der Waals surface area contributed by atoms with Crippen molar-refractivity contribution in [3.63, 3.8) is 0 Å². The third kappa shape index (κ3) is 1.60. The maximum absolute atomic E-state index is 12.5. The van der Waals surface area contributed by atoms with E-state index in [-0.39, 0.29) is 11.7 Å². The van der Waals surface area contributed by atoms with Crippen LogP contribution >= 0.6 is 0 Å². The van der Waals surface area contributed by atoms with Crippen molar-refractivity contribution >= 4 is 23.0 Å². The summed E-state index contributed by atoms with van der Waals surface area (Å²) in [6.07, 6.45) is 2.95. The van der Waals surface area contributed by atoms with E-state index in [1.54, 1.807) is 6.26 Å². The topological polar surface area (TPSA) is 56.5 Å². The molecule has 3 rings (SSSR count). The lowest BCUT2D eigenvalue weighted by Crippen LogP contribution is -2.26. The van der Waals surface area contributed by atoms with Gasteiger partial charge in [0.1, 0.15) is 6.29 Å². The van der Waals surface area contributed by atoms with Gasteiger partial charge < -0.3 is 13.9 Å². The van der Waals surface area contributed by atoms with Gasteiger partial charge in [0.15, 0.2) is 17.1 Å². The van der Waals surface area contributed by atoms with Gasteiger partial charge in [-0.3, -0.25) is 4.79 Å². The van der Waals surface area contributed by atoms with Crippen LogP contribution in [0.3, 0.4) is 0 Å². The van der Waals surface area contributed by atoms with Gasteiger partial charge in [0.2, 0.25) is 0 Å². The molecule has 0 bridgehead atoms. The summed E-state index contributed by atoms with van der Waals surface area (Å²) in [6.45, 7) is 3.99. The van der Waals surface area contributed by atoms with Crippen LogP contribution in [0.5, 0.6) is 5.75 Å². The molecule has 4 heteroatoms. The van der Waals surface area contributed by atoms with Gasteiger partial charge in [-0.15, -0.1) is 0 Å². The molecule has 0 unspecified atom stereocenters. The summed E-state index contributed by atoms with van der Waals surface area (Å²) in [4.78, 5) is 23.6. The quantitative estimate of drug-likeness (QED) is 0.622. The molecule has 0 saturated heterocycles. The maximum Gasteiger partial charge on any atom is 0.177 e. The van der Waals surface area contributed by atoms with Crippen LogP contribution in [0.25, 0.3) is 11.0 Å². The summed E-state index contributed by atoms with van der Waals surface area (Å²) < 4.78 is 10.9. The number of hydrogen-bond acceptors (Lipinski definition) is 4. The van der Waals surface area contributed by atoms with Crippen molar-refractivity contribution in [1.82, 2.24) is 0 Å². The molecule has 1 aliphatic carbocycles. The van der Waals surface area contributed by atoms with E-state index in [1.807, 2.05) is 19.9 Å². The van der Waals surface area contributed by atoms with Gasteiger partial charge in [-0.25, -0.2) is 0 Å². The van der Waals surface area contributed by atoms with Crippen molar-refractivity contribution < 1.29 is 18.7 Å². The Hall–Kier alpha value is -2.10. The number of aryl methyl sites for hydroxylation is 1. The highest BCUT2D eigenvalue weighted by atomic mass is 16.5. The largest absolute Gasteiger partial charge is 0.492 e. The molecule has 20 heavy (non-hydrogen) atoms. The Bertz CT molecular complexity index is 711. The monoisotopic (exact) mass is 272 g/mol. The van der Waals surface area contributed by atoms with Gasteiger partial charge in [-0.05, 0) is 36.5 Å². The number of ketones is 1. The van der Waals surface area contributed by atoms with E-state index in [9.17, 15) is 9.59 Å². The fourth-order valence-electron chi connectivity index (χ4n) is 3.04. The van der Waals surface area contributed by atoms with E-state index < -0.39 is 5.92 Å². The lowest BCUT2D eigenvalue weighted by Gasteiger charge is -2.26. The van der Waals surface area contributed by atoms with Gasteiger partial charge >= 0.3 is 0 Å². The van der Waals surface area contributed by atoms with E-state index in [4.69, 9.17) is 9.15 Å². The average molecular weight is 272 g/mol. The van der Waals surface area contributed by atoms with E-state index in [1.165, 1.54) is 7.11 Å². The van der Waals surface area contributed by atoms with Crippen LogP contribution in [0.15, 0.2) is 16.7 Å². The Morgan fingerprint density at radius 3 is 2.85 bits per heavy atom. The van der Waals surface area contributed by atoms with Crippen molar-refractivity contribution in [3.05, 3.63) is 29.0 Å². The summed E-state index contributed by atoms with van der Waals surface area (Å²) >= 11 is 0. The molecule has 1 aliphatic rings. The van der Waals surface area contributed by atoms with Crippen molar-refractivity contribution in [2.75, 3.05) is 7.11 Å². The van der Waals surface area contributed by atoms with Crippen LogP contribution in [0.2, 0.25) is 0 Å². The highest BCUT2D eigenvalue weighted by Gasteiger charge is 2.35. The molecular weight excluding hydrogens is 256 g/mol. The molecule has 1 aromatic heterocycles. The first-order valence-electron chi connectivity index (χ1n) is 6.66. The maximum atomic E-state index is 12.5. The number of carbonyl (C=O) groups is 2. The molecule has 0 fully saturated rings.